The molecule has 0 radical (unpaired) electrons. The van der Waals surface area contributed by atoms with Crippen LogP contribution in [0.3, 0.4) is 0 Å². The quantitative estimate of drug-likeness (QED) is 0.615. The van der Waals surface area contributed by atoms with Gasteiger partial charge in [0, 0.05) is 29.4 Å². The number of hydrogen-bond donors (Lipinski definition) is 0. The van der Waals surface area contributed by atoms with Crippen LogP contribution >= 0.6 is 0 Å². The van der Waals surface area contributed by atoms with Crippen molar-refractivity contribution in [1.82, 2.24) is 15.0 Å². The lowest BCUT2D eigenvalue weighted by molar-refractivity contribution is -0.120. The third kappa shape index (κ3) is 3.85. The Morgan fingerprint density at radius 2 is 1.97 bits per heavy atom. The van der Waals surface area contributed by atoms with E-state index in [4.69, 9.17) is 9.72 Å². The Balaban J connectivity index is 1.52. The molecule has 0 bridgehead atoms. The number of allylic oxidation sites excluding steroid dienone is 1. The van der Waals surface area contributed by atoms with Crippen LogP contribution in [0.5, 0.6) is 5.75 Å². The third-order valence-electron chi connectivity index (χ3n) is 5.39. The Morgan fingerprint density at radius 1 is 1.10 bits per heavy atom. The molecule has 2 aromatic heterocycles. The summed E-state index contributed by atoms with van der Waals surface area (Å²) in [5.41, 5.74) is 6.26. The van der Waals surface area contributed by atoms with Gasteiger partial charge in [-0.05, 0) is 36.8 Å². The lowest BCUT2D eigenvalue weighted by atomic mass is 10.0. The SMILES string of the molecule is Cc1cc(-c2cnc3c(n2)C(c2ccc4c(c2)N(CC(F)(F)F)CCO4)=CC3)ccn1. The summed E-state index contributed by atoms with van der Waals surface area (Å²) in [6.07, 6.45) is 1.84. The Labute approximate surface area is 177 Å². The first kappa shape index (κ1) is 19.5. The summed E-state index contributed by atoms with van der Waals surface area (Å²) < 4.78 is 44.7. The van der Waals surface area contributed by atoms with Gasteiger partial charge in [0.1, 0.15) is 18.9 Å². The van der Waals surface area contributed by atoms with Crippen LogP contribution in [-0.2, 0) is 6.42 Å². The van der Waals surface area contributed by atoms with Gasteiger partial charge >= 0.3 is 6.18 Å². The van der Waals surface area contributed by atoms with Crippen LogP contribution in [0.4, 0.5) is 18.9 Å². The first-order valence-electron chi connectivity index (χ1n) is 9.96. The van der Waals surface area contributed by atoms with Gasteiger partial charge in [0.15, 0.2) is 0 Å². The number of fused-ring (bicyclic) bond motifs is 2. The minimum Gasteiger partial charge on any atom is -0.490 e. The molecule has 1 aromatic carbocycles. The number of aromatic nitrogens is 3. The molecule has 5 nitrogen and oxygen atoms in total. The van der Waals surface area contributed by atoms with E-state index in [1.54, 1.807) is 24.5 Å². The Kier molecular flexibility index (Phi) is 4.64. The highest BCUT2D eigenvalue weighted by Gasteiger charge is 2.33. The molecule has 0 amide bonds. The van der Waals surface area contributed by atoms with Crippen LogP contribution in [0.15, 0.2) is 48.8 Å². The fraction of sp³-hybridized carbons (Fsp3) is 0.261. The molecule has 0 saturated carbocycles. The van der Waals surface area contributed by atoms with Gasteiger partial charge in [-0.15, -0.1) is 0 Å². The van der Waals surface area contributed by atoms with Gasteiger partial charge in [0.25, 0.3) is 0 Å². The molecule has 0 unspecified atom stereocenters. The maximum absolute atomic E-state index is 13.1. The molecule has 3 heterocycles. The lowest BCUT2D eigenvalue weighted by Gasteiger charge is -2.32. The second kappa shape index (κ2) is 7.37. The van der Waals surface area contributed by atoms with Crippen molar-refractivity contribution in [2.24, 2.45) is 0 Å². The zero-order chi connectivity index (χ0) is 21.6. The van der Waals surface area contributed by atoms with Gasteiger partial charge < -0.3 is 9.64 Å². The van der Waals surface area contributed by atoms with Crippen LogP contribution in [0.2, 0.25) is 0 Å². The molecule has 8 heteroatoms. The number of benzene rings is 1. The van der Waals surface area contributed by atoms with Crippen molar-refractivity contribution in [1.29, 1.82) is 0 Å². The Bertz CT molecular complexity index is 1190. The van der Waals surface area contributed by atoms with Crippen molar-refractivity contribution < 1.29 is 17.9 Å². The summed E-state index contributed by atoms with van der Waals surface area (Å²) in [6, 6.07) is 9.18. The minimum absolute atomic E-state index is 0.191. The van der Waals surface area contributed by atoms with Crippen LogP contribution in [0, 0.1) is 6.92 Å². The average molecular weight is 424 g/mol. The number of rotatable bonds is 3. The molecule has 1 aliphatic heterocycles. The fourth-order valence-corrected chi connectivity index (χ4v) is 3.99. The smallest absolute Gasteiger partial charge is 0.405 e. The predicted molar refractivity (Wildman–Crippen MR) is 111 cm³/mol. The largest absolute Gasteiger partial charge is 0.490 e. The third-order valence-corrected chi connectivity index (χ3v) is 5.39. The summed E-state index contributed by atoms with van der Waals surface area (Å²) >= 11 is 0. The van der Waals surface area contributed by atoms with E-state index in [2.05, 4.69) is 9.97 Å². The molecule has 158 valence electrons. The second-order valence-electron chi connectivity index (χ2n) is 7.63. The molecule has 31 heavy (non-hydrogen) atoms. The van der Waals surface area contributed by atoms with Crippen LogP contribution in [0.1, 0.15) is 22.6 Å². The Morgan fingerprint density at radius 3 is 2.77 bits per heavy atom. The highest BCUT2D eigenvalue weighted by Crippen LogP contribution is 2.39. The van der Waals surface area contributed by atoms with E-state index in [1.165, 1.54) is 4.90 Å². The van der Waals surface area contributed by atoms with E-state index in [-0.39, 0.29) is 13.2 Å². The van der Waals surface area contributed by atoms with Gasteiger partial charge in [0.05, 0.1) is 35.5 Å². The molecule has 5 rings (SSSR count). The zero-order valence-corrected chi connectivity index (χ0v) is 16.8. The number of pyridine rings is 1. The number of hydrogen-bond acceptors (Lipinski definition) is 5. The van der Waals surface area contributed by atoms with Crippen molar-refractivity contribution in [3.63, 3.8) is 0 Å². The highest BCUT2D eigenvalue weighted by atomic mass is 19.4. The molecule has 0 spiro atoms. The van der Waals surface area contributed by atoms with Crippen molar-refractivity contribution in [2.45, 2.75) is 19.5 Å². The molecule has 0 atom stereocenters. The first-order chi connectivity index (χ1) is 14.9. The fourth-order valence-electron chi connectivity index (χ4n) is 3.99. The van der Waals surface area contributed by atoms with Crippen molar-refractivity contribution in [3.8, 4) is 17.0 Å². The normalized spacial score (nSPS) is 15.2. The van der Waals surface area contributed by atoms with E-state index >= 15 is 0 Å². The first-order valence-corrected chi connectivity index (χ1v) is 9.96. The molecular weight excluding hydrogens is 405 g/mol. The maximum atomic E-state index is 13.1. The maximum Gasteiger partial charge on any atom is 0.405 e. The molecule has 0 N–H and O–H groups in total. The van der Waals surface area contributed by atoms with Crippen LogP contribution in [0.25, 0.3) is 16.8 Å². The summed E-state index contributed by atoms with van der Waals surface area (Å²) in [5, 5.41) is 0. The number of aryl methyl sites for hydroxylation is 1. The van der Waals surface area contributed by atoms with Crippen molar-refractivity contribution >= 4 is 11.3 Å². The monoisotopic (exact) mass is 424 g/mol. The number of ether oxygens (including phenoxy) is 1. The Hall–Kier alpha value is -3.42. The van der Waals surface area contributed by atoms with Crippen LogP contribution < -0.4 is 9.64 Å². The standard InChI is InChI=1S/C23H19F3N4O/c1-14-10-16(6-7-27-14)19-12-28-18-4-3-17(22(18)29-19)15-2-5-21-20(11-15)30(8-9-31-21)13-23(24,25)26/h2-3,5-7,10-12H,4,8-9,13H2,1H3. The molecule has 1 aliphatic carbocycles. The van der Waals surface area contributed by atoms with E-state index in [0.717, 1.165) is 39.5 Å². The van der Waals surface area contributed by atoms with Crippen molar-refractivity contribution in [2.75, 3.05) is 24.6 Å². The van der Waals surface area contributed by atoms with E-state index < -0.39 is 12.7 Å². The summed E-state index contributed by atoms with van der Waals surface area (Å²) in [6.45, 7) is 1.33. The average Bonchev–Trinajstić information content (AvgIpc) is 3.16. The molecular formula is C23H19F3N4O. The molecule has 3 aromatic rings. The molecule has 0 fully saturated rings. The van der Waals surface area contributed by atoms with E-state index in [1.807, 2.05) is 31.2 Å². The van der Waals surface area contributed by atoms with Gasteiger partial charge in [-0.3, -0.25) is 9.97 Å². The predicted octanol–water partition coefficient (Wildman–Crippen LogP) is 4.60. The summed E-state index contributed by atoms with van der Waals surface area (Å²) in [5.74, 6) is 0.463. The number of alkyl halides is 3. The number of nitrogens with zero attached hydrogens (tertiary/aromatic N) is 4. The van der Waals surface area contributed by atoms with Gasteiger partial charge in [0.2, 0.25) is 0 Å². The topological polar surface area (TPSA) is 51.1 Å². The lowest BCUT2D eigenvalue weighted by Crippen LogP contribution is -2.39. The minimum atomic E-state index is -4.28. The van der Waals surface area contributed by atoms with E-state index in [0.29, 0.717) is 17.9 Å². The van der Waals surface area contributed by atoms with Gasteiger partial charge in [-0.2, -0.15) is 13.2 Å². The zero-order valence-electron chi connectivity index (χ0n) is 16.8. The van der Waals surface area contributed by atoms with Crippen LogP contribution in [-0.4, -0.2) is 40.8 Å². The van der Waals surface area contributed by atoms with Crippen molar-refractivity contribution in [3.05, 3.63) is 71.4 Å². The number of anilines is 1. The summed E-state index contributed by atoms with van der Waals surface area (Å²) in [4.78, 5) is 14.9. The molecule has 2 aliphatic rings. The van der Waals surface area contributed by atoms with Gasteiger partial charge in [-0.1, -0.05) is 12.1 Å². The van der Waals surface area contributed by atoms with E-state index in [9.17, 15) is 13.2 Å². The highest BCUT2D eigenvalue weighted by molar-refractivity contribution is 5.85. The van der Waals surface area contributed by atoms with Gasteiger partial charge in [-0.25, -0.2) is 4.98 Å². The second-order valence-corrected chi connectivity index (χ2v) is 7.63. The number of halogens is 3. The summed E-state index contributed by atoms with van der Waals surface area (Å²) in [7, 11) is 0. The molecule has 0 saturated heterocycles.